The van der Waals surface area contributed by atoms with Crippen LogP contribution in [0.4, 0.5) is 0 Å². The van der Waals surface area contributed by atoms with Gasteiger partial charge in [-0.3, -0.25) is 4.84 Å². The van der Waals surface area contributed by atoms with Crippen LogP contribution in [0.15, 0.2) is 18.2 Å². The molecule has 1 aliphatic rings. The van der Waals surface area contributed by atoms with Gasteiger partial charge in [-0.1, -0.05) is 6.07 Å². The highest BCUT2D eigenvalue weighted by molar-refractivity contribution is 5.41. The van der Waals surface area contributed by atoms with E-state index in [0.717, 1.165) is 5.56 Å². The van der Waals surface area contributed by atoms with Crippen molar-refractivity contribution in [2.45, 2.75) is 24.5 Å². The molecular weight excluding hydrogens is 250 g/mol. The minimum atomic E-state index is -0.790. The molecule has 0 amide bonds. The Morgan fingerprint density at radius 1 is 1.32 bits per heavy atom. The lowest BCUT2D eigenvalue weighted by Crippen LogP contribution is -2.35. The summed E-state index contributed by atoms with van der Waals surface area (Å²) in [7, 11) is 1.74. The van der Waals surface area contributed by atoms with Crippen molar-refractivity contribution in [3.05, 3.63) is 23.8 Å². The maximum absolute atomic E-state index is 9.54. The number of phenols is 2. The Morgan fingerprint density at radius 2 is 2.05 bits per heavy atom. The fraction of sp³-hybridized carbons (Fsp3) is 0.538. The first-order chi connectivity index (χ1) is 9.01. The zero-order chi connectivity index (χ0) is 14.0. The average Bonchev–Trinajstić information content (AvgIpc) is 2.71. The summed E-state index contributed by atoms with van der Waals surface area (Å²) in [5.41, 5.74) is -0.00661. The Hall–Kier alpha value is -1.34. The van der Waals surface area contributed by atoms with Crippen LogP contribution in [0.2, 0.25) is 0 Å². The number of phenolic OH excluding ortho intramolecular Hbond substituents is 2. The summed E-state index contributed by atoms with van der Waals surface area (Å²) < 4.78 is 0. The molecule has 1 aromatic carbocycles. The van der Waals surface area contributed by atoms with Gasteiger partial charge in [0, 0.05) is 26.5 Å². The van der Waals surface area contributed by atoms with Crippen LogP contribution in [0.1, 0.15) is 24.4 Å². The number of hydroxylamine groups is 2. The van der Waals surface area contributed by atoms with Gasteiger partial charge in [-0.25, -0.2) is 0 Å². The summed E-state index contributed by atoms with van der Waals surface area (Å²) in [6, 6.07) is 4.45. The normalized spacial score (nSPS) is 27.8. The van der Waals surface area contributed by atoms with Gasteiger partial charge in [-0.15, -0.1) is 0 Å². The first-order valence-electron chi connectivity index (χ1n) is 6.17. The number of aromatic hydroxyl groups is 2. The second kappa shape index (κ2) is 5.34. The highest BCUT2D eigenvalue weighted by Gasteiger charge is 2.44. The van der Waals surface area contributed by atoms with Gasteiger partial charge in [0.15, 0.2) is 11.5 Å². The van der Waals surface area contributed by atoms with Gasteiger partial charge in [-0.05, 0) is 17.7 Å². The van der Waals surface area contributed by atoms with Gasteiger partial charge in [0.1, 0.15) is 5.60 Å². The minimum absolute atomic E-state index is 0.0675. The molecule has 2 atom stereocenters. The van der Waals surface area contributed by atoms with Gasteiger partial charge in [0.2, 0.25) is 0 Å². The summed E-state index contributed by atoms with van der Waals surface area (Å²) in [5, 5.41) is 39.0. The Balaban J connectivity index is 2.23. The highest BCUT2D eigenvalue weighted by atomic mass is 16.7. The summed E-state index contributed by atoms with van der Waals surface area (Å²) in [6.45, 7) is -0.250. The molecule has 106 valence electrons. The monoisotopic (exact) mass is 269 g/mol. The van der Waals surface area contributed by atoms with Crippen LogP contribution in [0, 0.1) is 0 Å². The van der Waals surface area contributed by atoms with Crippen molar-refractivity contribution in [3.63, 3.8) is 0 Å². The second-order valence-corrected chi connectivity index (χ2v) is 4.92. The first-order valence-corrected chi connectivity index (χ1v) is 6.17. The van der Waals surface area contributed by atoms with Crippen molar-refractivity contribution in [3.8, 4) is 11.5 Å². The third-order valence-electron chi connectivity index (χ3n) is 3.58. The van der Waals surface area contributed by atoms with Gasteiger partial charge >= 0.3 is 0 Å². The number of aliphatic hydroxyl groups excluding tert-OH is 2. The van der Waals surface area contributed by atoms with Gasteiger partial charge in [0.05, 0.1) is 12.6 Å². The zero-order valence-electron chi connectivity index (χ0n) is 10.8. The molecule has 6 nitrogen and oxygen atoms in total. The standard InChI is InChI=1S/C13H19NO5/c1-14-10(7-13(8-16,19-14)4-5-15)9-2-3-11(17)12(18)6-9/h2-3,6,10,15-18H,4-5,7-8H2,1H3. The fourth-order valence-electron chi connectivity index (χ4n) is 2.49. The summed E-state index contributed by atoms with van der Waals surface area (Å²) in [6.07, 6.45) is 0.846. The average molecular weight is 269 g/mol. The van der Waals surface area contributed by atoms with Gasteiger partial charge < -0.3 is 20.4 Å². The lowest BCUT2D eigenvalue weighted by Gasteiger charge is -2.24. The van der Waals surface area contributed by atoms with Crippen molar-refractivity contribution < 1.29 is 25.3 Å². The van der Waals surface area contributed by atoms with Crippen molar-refractivity contribution in [2.24, 2.45) is 0 Å². The molecule has 19 heavy (non-hydrogen) atoms. The topological polar surface area (TPSA) is 93.4 Å². The molecule has 4 N–H and O–H groups in total. The van der Waals surface area contributed by atoms with Crippen LogP contribution in [0.25, 0.3) is 0 Å². The van der Waals surface area contributed by atoms with Gasteiger partial charge in [-0.2, -0.15) is 5.06 Å². The molecule has 1 saturated heterocycles. The van der Waals surface area contributed by atoms with Crippen LogP contribution >= 0.6 is 0 Å². The maximum Gasteiger partial charge on any atom is 0.157 e. The molecular formula is C13H19NO5. The summed E-state index contributed by atoms with van der Waals surface area (Å²) in [4.78, 5) is 5.65. The minimum Gasteiger partial charge on any atom is -0.504 e. The van der Waals surface area contributed by atoms with Crippen LogP contribution in [0.5, 0.6) is 11.5 Å². The van der Waals surface area contributed by atoms with E-state index in [4.69, 9.17) is 9.94 Å². The quantitative estimate of drug-likeness (QED) is 0.595. The predicted molar refractivity (Wildman–Crippen MR) is 67.5 cm³/mol. The predicted octanol–water partition coefficient (Wildman–Crippen LogP) is 0.519. The molecule has 1 heterocycles. The molecule has 1 aliphatic heterocycles. The fourth-order valence-corrected chi connectivity index (χ4v) is 2.49. The smallest absolute Gasteiger partial charge is 0.157 e. The van der Waals surface area contributed by atoms with Crippen molar-refractivity contribution in [2.75, 3.05) is 20.3 Å². The highest BCUT2D eigenvalue weighted by Crippen LogP contribution is 2.42. The molecule has 0 aliphatic carbocycles. The van der Waals surface area contributed by atoms with E-state index < -0.39 is 5.60 Å². The van der Waals surface area contributed by atoms with E-state index in [-0.39, 0.29) is 30.8 Å². The molecule has 0 aromatic heterocycles. The lowest BCUT2D eigenvalue weighted by molar-refractivity contribution is -0.206. The van der Waals surface area contributed by atoms with Gasteiger partial charge in [0.25, 0.3) is 0 Å². The lowest BCUT2D eigenvalue weighted by atomic mass is 9.90. The third-order valence-corrected chi connectivity index (χ3v) is 3.58. The Labute approximate surface area is 111 Å². The molecule has 2 rings (SSSR count). The number of aliphatic hydroxyl groups is 2. The van der Waals surface area contributed by atoms with Crippen LogP contribution in [-0.4, -0.2) is 51.4 Å². The van der Waals surface area contributed by atoms with E-state index >= 15 is 0 Å². The first kappa shape index (κ1) is 14.1. The summed E-state index contributed by atoms with van der Waals surface area (Å²) in [5.74, 6) is -0.358. The SMILES string of the molecule is CN1OC(CO)(CCO)CC1c1ccc(O)c(O)c1. The van der Waals surface area contributed by atoms with E-state index in [9.17, 15) is 15.3 Å². The molecule has 0 saturated carbocycles. The number of nitrogens with zero attached hydrogens (tertiary/aromatic N) is 1. The molecule has 1 fully saturated rings. The Morgan fingerprint density at radius 3 is 2.63 bits per heavy atom. The number of hydrogen-bond donors (Lipinski definition) is 4. The van der Waals surface area contributed by atoms with Crippen molar-refractivity contribution in [1.82, 2.24) is 5.06 Å². The number of hydrogen-bond acceptors (Lipinski definition) is 6. The maximum atomic E-state index is 9.54. The Bertz CT molecular complexity index is 453. The van der Waals surface area contributed by atoms with Crippen LogP contribution in [0.3, 0.4) is 0 Å². The van der Waals surface area contributed by atoms with Crippen molar-refractivity contribution in [1.29, 1.82) is 0 Å². The molecule has 6 heteroatoms. The molecule has 0 bridgehead atoms. The Kier molecular flexibility index (Phi) is 3.96. The molecule has 2 unspecified atom stereocenters. The largest absolute Gasteiger partial charge is 0.504 e. The van der Waals surface area contributed by atoms with Crippen LogP contribution < -0.4 is 0 Å². The second-order valence-electron chi connectivity index (χ2n) is 4.92. The van der Waals surface area contributed by atoms with Crippen molar-refractivity contribution >= 4 is 0 Å². The third kappa shape index (κ3) is 2.66. The van der Waals surface area contributed by atoms with Crippen LogP contribution in [-0.2, 0) is 4.84 Å². The molecule has 1 aromatic rings. The van der Waals surface area contributed by atoms with E-state index in [1.807, 2.05) is 0 Å². The van der Waals surface area contributed by atoms with E-state index in [2.05, 4.69) is 0 Å². The number of rotatable bonds is 4. The van der Waals surface area contributed by atoms with E-state index in [1.54, 1.807) is 18.2 Å². The summed E-state index contributed by atoms with van der Waals surface area (Å²) >= 11 is 0. The number of benzene rings is 1. The zero-order valence-corrected chi connectivity index (χ0v) is 10.8. The van der Waals surface area contributed by atoms with E-state index in [0.29, 0.717) is 12.8 Å². The molecule has 0 radical (unpaired) electrons. The van der Waals surface area contributed by atoms with E-state index in [1.165, 1.54) is 12.1 Å². The molecule has 0 spiro atoms.